The van der Waals surface area contributed by atoms with Crippen LogP contribution in [0.5, 0.6) is 0 Å². The molecule has 0 aliphatic carbocycles. The van der Waals surface area contributed by atoms with Crippen molar-refractivity contribution in [3.05, 3.63) is 0 Å². The Bertz CT molecular complexity index is 262. The van der Waals surface area contributed by atoms with Crippen LogP contribution >= 0.6 is 0 Å². The summed E-state index contributed by atoms with van der Waals surface area (Å²) in [5, 5.41) is 11.2. The summed E-state index contributed by atoms with van der Waals surface area (Å²) in [5.74, 6) is -0.747. The maximum Gasteiger partial charge on any atom is 0.314 e. The predicted molar refractivity (Wildman–Crippen MR) is 75.0 cm³/mol. The van der Waals surface area contributed by atoms with Crippen LogP contribution in [0.15, 0.2) is 0 Å². The third-order valence-corrected chi connectivity index (χ3v) is 2.81. The number of likely N-dealkylation sites (tertiary alicyclic amines) is 1. The zero-order valence-corrected chi connectivity index (χ0v) is 12.0. The highest BCUT2D eigenvalue weighted by atomic mass is 16.4. The van der Waals surface area contributed by atoms with Crippen LogP contribution in [-0.2, 0) is 4.79 Å². The Labute approximate surface area is 115 Å². The van der Waals surface area contributed by atoms with E-state index in [1.165, 1.54) is 12.8 Å². The normalized spacial score (nSPS) is 15.4. The minimum absolute atomic E-state index is 0.207. The van der Waals surface area contributed by atoms with Crippen LogP contribution < -0.4 is 11.1 Å². The van der Waals surface area contributed by atoms with E-state index >= 15 is 0 Å². The van der Waals surface area contributed by atoms with E-state index < -0.39 is 5.97 Å². The average molecular weight is 273 g/mol. The Morgan fingerprint density at radius 3 is 2.11 bits per heavy atom. The summed E-state index contributed by atoms with van der Waals surface area (Å²) in [6, 6.07) is 0.117. The first-order valence-electron chi connectivity index (χ1n) is 6.93. The van der Waals surface area contributed by atoms with Gasteiger partial charge in [0.1, 0.15) is 0 Å². The van der Waals surface area contributed by atoms with Crippen LogP contribution in [0.4, 0.5) is 4.79 Å². The molecule has 6 heteroatoms. The number of carbonyl (C=O) groups excluding carboxylic acids is 1. The number of amides is 2. The van der Waals surface area contributed by atoms with Gasteiger partial charge in [-0.2, -0.15) is 0 Å². The molecular weight excluding hydrogens is 246 g/mol. The highest BCUT2D eigenvalue weighted by Gasteiger charge is 2.10. The van der Waals surface area contributed by atoms with Gasteiger partial charge in [0, 0.05) is 25.7 Å². The molecule has 1 aliphatic heterocycles. The van der Waals surface area contributed by atoms with E-state index in [0.717, 1.165) is 25.9 Å². The van der Waals surface area contributed by atoms with E-state index in [1.807, 2.05) is 13.8 Å². The van der Waals surface area contributed by atoms with E-state index in [0.29, 0.717) is 12.6 Å². The Kier molecular flexibility index (Phi) is 9.88. The Morgan fingerprint density at radius 1 is 1.21 bits per heavy atom. The van der Waals surface area contributed by atoms with Crippen molar-refractivity contribution in [2.75, 3.05) is 19.6 Å². The molecule has 2 amide bonds. The molecule has 1 saturated heterocycles. The molecule has 4 N–H and O–H groups in total. The molecule has 0 radical (unpaired) electrons. The van der Waals surface area contributed by atoms with Gasteiger partial charge in [0.25, 0.3) is 0 Å². The summed E-state index contributed by atoms with van der Waals surface area (Å²) < 4.78 is 0. The van der Waals surface area contributed by atoms with Crippen molar-refractivity contribution in [1.29, 1.82) is 0 Å². The van der Waals surface area contributed by atoms with Crippen molar-refractivity contribution >= 4 is 12.0 Å². The minimum Gasteiger partial charge on any atom is -0.481 e. The molecule has 0 bridgehead atoms. The number of nitrogens with one attached hydrogen (secondary N) is 1. The number of primary amides is 1. The van der Waals surface area contributed by atoms with Gasteiger partial charge >= 0.3 is 12.0 Å². The van der Waals surface area contributed by atoms with Crippen LogP contribution in [-0.4, -0.2) is 47.7 Å². The molecule has 1 heterocycles. The SMILES string of the molecule is CC(C)NCCC(=O)O.NC(=O)N1CCCCCC1. The molecule has 1 fully saturated rings. The topological polar surface area (TPSA) is 95.7 Å². The molecule has 0 aromatic rings. The van der Waals surface area contributed by atoms with Gasteiger partial charge < -0.3 is 21.1 Å². The van der Waals surface area contributed by atoms with E-state index in [4.69, 9.17) is 10.8 Å². The van der Waals surface area contributed by atoms with Crippen LogP contribution in [0.1, 0.15) is 46.0 Å². The molecule has 0 atom stereocenters. The molecule has 6 nitrogen and oxygen atoms in total. The second-order valence-electron chi connectivity index (χ2n) is 4.99. The number of rotatable bonds is 4. The van der Waals surface area contributed by atoms with Crippen LogP contribution in [0.2, 0.25) is 0 Å². The number of hydrogen-bond acceptors (Lipinski definition) is 3. The molecule has 0 spiro atoms. The van der Waals surface area contributed by atoms with E-state index in [-0.39, 0.29) is 12.5 Å². The maximum atomic E-state index is 10.7. The molecule has 0 saturated carbocycles. The monoisotopic (exact) mass is 273 g/mol. The first-order chi connectivity index (χ1) is 8.93. The smallest absolute Gasteiger partial charge is 0.314 e. The molecular formula is C13H27N3O3. The number of hydrogen-bond donors (Lipinski definition) is 3. The first-order valence-corrected chi connectivity index (χ1v) is 6.93. The second kappa shape index (κ2) is 10.6. The third kappa shape index (κ3) is 11.5. The summed E-state index contributed by atoms with van der Waals surface area (Å²) in [5.41, 5.74) is 5.12. The third-order valence-electron chi connectivity index (χ3n) is 2.81. The lowest BCUT2D eigenvalue weighted by molar-refractivity contribution is -0.136. The highest BCUT2D eigenvalue weighted by Crippen LogP contribution is 2.08. The zero-order chi connectivity index (χ0) is 14.7. The van der Waals surface area contributed by atoms with Gasteiger partial charge in [0.05, 0.1) is 6.42 Å². The van der Waals surface area contributed by atoms with Crippen LogP contribution in [0.25, 0.3) is 0 Å². The molecule has 1 rings (SSSR count). The Morgan fingerprint density at radius 2 is 1.74 bits per heavy atom. The number of aliphatic carboxylic acids is 1. The number of nitrogens with zero attached hydrogens (tertiary/aromatic N) is 1. The quantitative estimate of drug-likeness (QED) is 0.721. The van der Waals surface area contributed by atoms with Crippen molar-refractivity contribution < 1.29 is 14.7 Å². The summed E-state index contributed by atoms with van der Waals surface area (Å²) >= 11 is 0. The van der Waals surface area contributed by atoms with Gasteiger partial charge in [-0.25, -0.2) is 4.79 Å². The maximum absolute atomic E-state index is 10.7. The van der Waals surface area contributed by atoms with Gasteiger partial charge in [0.2, 0.25) is 0 Å². The molecule has 0 aromatic carbocycles. The lowest BCUT2D eigenvalue weighted by Gasteiger charge is -2.16. The summed E-state index contributed by atoms with van der Waals surface area (Å²) in [6.45, 7) is 6.25. The summed E-state index contributed by atoms with van der Waals surface area (Å²) in [6.07, 6.45) is 4.91. The van der Waals surface area contributed by atoms with Crippen molar-refractivity contribution in [2.24, 2.45) is 5.73 Å². The fourth-order valence-corrected chi connectivity index (χ4v) is 1.76. The molecule has 1 aliphatic rings. The largest absolute Gasteiger partial charge is 0.481 e. The van der Waals surface area contributed by atoms with Gasteiger partial charge in [-0.3, -0.25) is 4.79 Å². The fourth-order valence-electron chi connectivity index (χ4n) is 1.76. The van der Waals surface area contributed by atoms with Crippen molar-refractivity contribution in [3.63, 3.8) is 0 Å². The number of carboxylic acids is 1. The van der Waals surface area contributed by atoms with Gasteiger partial charge in [-0.05, 0) is 12.8 Å². The number of nitrogens with two attached hydrogens (primary N) is 1. The van der Waals surface area contributed by atoms with Crippen molar-refractivity contribution in [3.8, 4) is 0 Å². The molecule has 112 valence electrons. The zero-order valence-electron chi connectivity index (χ0n) is 12.0. The van der Waals surface area contributed by atoms with Gasteiger partial charge in [-0.15, -0.1) is 0 Å². The molecule has 0 unspecified atom stereocenters. The standard InChI is InChI=1S/C7H14N2O.C6H13NO2/c8-7(10)9-5-3-1-2-4-6-9;1-5(2)7-4-3-6(8)9/h1-6H2,(H2,8,10);5,7H,3-4H2,1-2H3,(H,8,9). The van der Waals surface area contributed by atoms with E-state index in [2.05, 4.69) is 5.32 Å². The Balaban J connectivity index is 0.000000344. The van der Waals surface area contributed by atoms with Gasteiger partial charge in [0.15, 0.2) is 0 Å². The number of urea groups is 1. The summed E-state index contributed by atoms with van der Waals surface area (Å²) in [7, 11) is 0. The first kappa shape index (κ1) is 17.7. The second-order valence-corrected chi connectivity index (χ2v) is 4.99. The van der Waals surface area contributed by atoms with Crippen molar-refractivity contribution in [1.82, 2.24) is 10.2 Å². The highest BCUT2D eigenvalue weighted by molar-refractivity contribution is 5.71. The van der Waals surface area contributed by atoms with Crippen molar-refractivity contribution in [2.45, 2.75) is 52.0 Å². The average Bonchev–Trinajstić information content (AvgIpc) is 2.57. The molecule has 19 heavy (non-hydrogen) atoms. The summed E-state index contributed by atoms with van der Waals surface area (Å²) in [4.78, 5) is 22.3. The predicted octanol–water partition coefficient (Wildman–Crippen LogP) is 1.40. The number of carboxylic acid groups (broad SMARTS) is 1. The van der Waals surface area contributed by atoms with Gasteiger partial charge in [-0.1, -0.05) is 26.7 Å². The molecule has 0 aromatic heterocycles. The number of carbonyl (C=O) groups is 2. The lowest BCUT2D eigenvalue weighted by Crippen LogP contribution is -2.36. The van der Waals surface area contributed by atoms with E-state index in [1.54, 1.807) is 4.90 Å². The minimum atomic E-state index is -0.747. The Hall–Kier alpha value is -1.30. The fraction of sp³-hybridized carbons (Fsp3) is 0.846. The lowest BCUT2D eigenvalue weighted by atomic mass is 10.2. The van der Waals surface area contributed by atoms with E-state index in [9.17, 15) is 9.59 Å². The van der Waals surface area contributed by atoms with Crippen LogP contribution in [0, 0.1) is 0 Å². The van der Waals surface area contributed by atoms with Crippen LogP contribution in [0.3, 0.4) is 0 Å².